The van der Waals surface area contributed by atoms with Crippen LogP contribution in [0, 0.1) is 0 Å². The van der Waals surface area contributed by atoms with E-state index in [4.69, 9.17) is 4.74 Å². The summed E-state index contributed by atoms with van der Waals surface area (Å²) >= 11 is 1.29. The summed E-state index contributed by atoms with van der Waals surface area (Å²) in [6, 6.07) is 5.79. The molecule has 10 heteroatoms. The number of rotatable bonds is 9. The summed E-state index contributed by atoms with van der Waals surface area (Å²) in [6.07, 6.45) is 0. The van der Waals surface area contributed by atoms with Crippen LogP contribution in [0.2, 0.25) is 0 Å². The number of ether oxygens (including phenoxy) is 1. The van der Waals surface area contributed by atoms with Gasteiger partial charge in [0.05, 0.1) is 16.2 Å². The Morgan fingerprint density at radius 1 is 1.14 bits per heavy atom. The van der Waals surface area contributed by atoms with E-state index in [1.54, 1.807) is 19.2 Å². The molecule has 29 heavy (non-hydrogen) atoms. The summed E-state index contributed by atoms with van der Waals surface area (Å²) in [6.45, 7) is 7.93. The zero-order chi connectivity index (χ0) is 21.6. The van der Waals surface area contributed by atoms with Crippen LogP contribution in [0.25, 0.3) is 0 Å². The maximum absolute atomic E-state index is 12.6. The molecule has 1 amide bonds. The molecular formula is C19H25N3O5S2. The van der Waals surface area contributed by atoms with Crippen LogP contribution >= 0.6 is 11.3 Å². The van der Waals surface area contributed by atoms with Gasteiger partial charge in [-0.25, -0.2) is 18.2 Å². The molecule has 0 N–H and O–H groups in total. The van der Waals surface area contributed by atoms with Gasteiger partial charge in [-0.2, -0.15) is 4.31 Å². The van der Waals surface area contributed by atoms with Gasteiger partial charge in [0.15, 0.2) is 5.13 Å². The Balaban J connectivity index is 2.11. The Morgan fingerprint density at radius 3 is 2.41 bits per heavy atom. The summed E-state index contributed by atoms with van der Waals surface area (Å²) in [5.74, 6) is -0.758. The lowest BCUT2D eigenvalue weighted by Crippen LogP contribution is -2.30. The van der Waals surface area contributed by atoms with E-state index in [9.17, 15) is 18.0 Å². The Kier molecular flexibility index (Phi) is 7.88. The lowest BCUT2D eigenvalue weighted by Gasteiger charge is -2.18. The molecule has 0 bridgehead atoms. The van der Waals surface area contributed by atoms with E-state index in [2.05, 4.69) is 4.98 Å². The van der Waals surface area contributed by atoms with E-state index in [0.717, 1.165) is 0 Å². The molecule has 0 fully saturated rings. The third-order valence-electron chi connectivity index (χ3n) is 4.23. The van der Waals surface area contributed by atoms with Gasteiger partial charge in [0, 0.05) is 31.9 Å². The first kappa shape index (κ1) is 23.0. The van der Waals surface area contributed by atoms with Gasteiger partial charge in [0.1, 0.15) is 6.61 Å². The second-order valence-corrected chi connectivity index (χ2v) is 8.85. The van der Waals surface area contributed by atoms with Crippen molar-refractivity contribution in [1.29, 1.82) is 0 Å². The minimum atomic E-state index is -3.66. The van der Waals surface area contributed by atoms with Crippen LogP contribution in [0.3, 0.4) is 0 Å². The van der Waals surface area contributed by atoms with Gasteiger partial charge in [-0.1, -0.05) is 19.9 Å². The molecule has 0 spiro atoms. The quantitative estimate of drug-likeness (QED) is 0.558. The van der Waals surface area contributed by atoms with Crippen molar-refractivity contribution < 1.29 is 22.7 Å². The van der Waals surface area contributed by atoms with Crippen molar-refractivity contribution in [3.05, 3.63) is 40.9 Å². The Hall–Kier alpha value is -2.30. The molecule has 0 aliphatic heterocycles. The van der Waals surface area contributed by atoms with Gasteiger partial charge in [0.2, 0.25) is 15.9 Å². The molecule has 1 aromatic heterocycles. The van der Waals surface area contributed by atoms with Crippen LogP contribution in [0.5, 0.6) is 0 Å². The van der Waals surface area contributed by atoms with Crippen LogP contribution < -0.4 is 4.90 Å². The highest BCUT2D eigenvalue weighted by Gasteiger charge is 2.23. The molecule has 2 rings (SSSR count). The summed E-state index contributed by atoms with van der Waals surface area (Å²) in [5.41, 5.74) is 0.664. The smallest absolute Gasteiger partial charge is 0.338 e. The summed E-state index contributed by atoms with van der Waals surface area (Å²) in [7, 11) is -3.66. The maximum atomic E-state index is 12.6. The second kappa shape index (κ2) is 9.95. The highest BCUT2D eigenvalue weighted by molar-refractivity contribution is 7.89. The first-order chi connectivity index (χ1) is 13.7. The molecule has 0 atom stereocenters. The molecule has 1 aromatic carbocycles. The summed E-state index contributed by atoms with van der Waals surface area (Å²) in [5, 5.41) is 2.26. The number of thiazole rings is 1. The Morgan fingerprint density at radius 2 is 1.83 bits per heavy atom. The van der Waals surface area contributed by atoms with Crippen LogP contribution in [0.1, 0.15) is 43.7 Å². The number of hydrogen-bond donors (Lipinski definition) is 0. The number of anilines is 1. The third-order valence-corrected chi connectivity index (χ3v) is 7.19. The fourth-order valence-electron chi connectivity index (χ4n) is 2.70. The number of aromatic nitrogens is 1. The largest absolute Gasteiger partial charge is 0.456 e. The first-order valence-electron chi connectivity index (χ1n) is 9.24. The van der Waals surface area contributed by atoms with Crippen molar-refractivity contribution in [3.8, 4) is 0 Å². The van der Waals surface area contributed by atoms with Crippen LogP contribution in [0.4, 0.5) is 5.13 Å². The number of nitrogens with zero attached hydrogens (tertiary/aromatic N) is 3. The molecule has 0 saturated carbocycles. The van der Waals surface area contributed by atoms with Crippen molar-refractivity contribution in [3.63, 3.8) is 0 Å². The number of carbonyl (C=O) groups is 2. The highest BCUT2D eigenvalue weighted by Crippen LogP contribution is 2.22. The van der Waals surface area contributed by atoms with E-state index in [-0.39, 0.29) is 23.0 Å². The van der Waals surface area contributed by atoms with Gasteiger partial charge >= 0.3 is 5.97 Å². The second-order valence-electron chi connectivity index (χ2n) is 6.08. The van der Waals surface area contributed by atoms with Crippen LogP contribution in [-0.4, -0.2) is 49.2 Å². The van der Waals surface area contributed by atoms with Gasteiger partial charge in [-0.3, -0.25) is 9.69 Å². The first-order valence-corrected chi connectivity index (χ1v) is 11.6. The molecule has 0 radical (unpaired) electrons. The minimum Gasteiger partial charge on any atom is -0.456 e. The minimum absolute atomic E-state index is 0.0478. The monoisotopic (exact) mass is 439 g/mol. The number of carbonyl (C=O) groups excluding carboxylic acids is 2. The highest BCUT2D eigenvalue weighted by atomic mass is 32.2. The molecule has 0 unspecified atom stereocenters. The molecule has 8 nitrogen and oxygen atoms in total. The fraction of sp³-hybridized carbons (Fsp3) is 0.421. The standard InChI is InChI=1S/C19H25N3O5S2/c1-5-21(6-2)29(25,26)17-10-8-9-15(11-17)18(24)27-12-16-13-28-19(20-16)22(7-3)14(4)23/h8-11,13H,5-7,12H2,1-4H3. The number of hydrogen-bond acceptors (Lipinski definition) is 7. The molecule has 0 saturated heterocycles. The zero-order valence-corrected chi connectivity index (χ0v) is 18.5. The Labute approximate surface area is 175 Å². The van der Waals surface area contributed by atoms with Crippen molar-refractivity contribution in [2.24, 2.45) is 0 Å². The molecule has 0 aliphatic carbocycles. The topological polar surface area (TPSA) is 96.9 Å². The molecule has 158 valence electrons. The van der Waals surface area contributed by atoms with Crippen molar-refractivity contribution in [2.45, 2.75) is 39.2 Å². The van der Waals surface area contributed by atoms with E-state index < -0.39 is 16.0 Å². The lowest BCUT2D eigenvalue weighted by atomic mass is 10.2. The van der Waals surface area contributed by atoms with E-state index in [1.165, 1.54) is 51.7 Å². The molecule has 0 aliphatic rings. The average Bonchev–Trinajstić information content (AvgIpc) is 3.15. The van der Waals surface area contributed by atoms with Crippen LogP contribution in [0.15, 0.2) is 34.5 Å². The van der Waals surface area contributed by atoms with Crippen molar-refractivity contribution in [2.75, 3.05) is 24.5 Å². The number of benzene rings is 1. The molecule has 1 heterocycles. The summed E-state index contributed by atoms with van der Waals surface area (Å²) in [4.78, 5) is 29.9. The number of amides is 1. The van der Waals surface area contributed by atoms with E-state index in [1.807, 2.05) is 6.92 Å². The fourth-order valence-corrected chi connectivity index (χ4v) is 5.12. The van der Waals surface area contributed by atoms with Gasteiger partial charge in [0.25, 0.3) is 0 Å². The molecule has 2 aromatic rings. The zero-order valence-electron chi connectivity index (χ0n) is 16.9. The predicted octanol–water partition coefficient (Wildman–Crippen LogP) is 2.90. The van der Waals surface area contributed by atoms with E-state index >= 15 is 0 Å². The van der Waals surface area contributed by atoms with Crippen molar-refractivity contribution >= 4 is 38.4 Å². The average molecular weight is 440 g/mol. The Bertz CT molecular complexity index is 968. The van der Waals surface area contributed by atoms with E-state index in [0.29, 0.717) is 30.5 Å². The van der Waals surface area contributed by atoms with Crippen molar-refractivity contribution in [1.82, 2.24) is 9.29 Å². The third kappa shape index (κ3) is 5.40. The number of sulfonamides is 1. The van der Waals surface area contributed by atoms with Gasteiger partial charge < -0.3 is 4.74 Å². The summed E-state index contributed by atoms with van der Waals surface area (Å²) < 4.78 is 31.9. The van der Waals surface area contributed by atoms with Crippen LogP contribution in [-0.2, 0) is 26.2 Å². The number of esters is 1. The molecular weight excluding hydrogens is 414 g/mol. The maximum Gasteiger partial charge on any atom is 0.338 e. The van der Waals surface area contributed by atoms with Gasteiger partial charge in [-0.05, 0) is 25.1 Å². The van der Waals surface area contributed by atoms with Gasteiger partial charge in [-0.15, -0.1) is 11.3 Å². The normalized spacial score (nSPS) is 11.5. The SMILES string of the molecule is CCN(C(C)=O)c1nc(COC(=O)c2cccc(S(=O)(=O)N(CC)CC)c2)cs1. The predicted molar refractivity (Wildman–Crippen MR) is 111 cm³/mol. The lowest BCUT2D eigenvalue weighted by molar-refractivity contribution is -0.116.